The fraction of sp³-hybridized carbons (Fsp3) is 0.667. The first-order valence-electron chi connectivity index (χ1n) is 5.65. The molecule has 0 aliphatic heterocycles. The summed E-state index contributed by atoms with van der Waals surface area (Å²) in [5.41, 5.74) is 0. The monoisotopic (exact) mass is 228 g/mol. The van der Waals surface area contributed by atoms with E-state index < -0.39 is 11.9 Å². The van der Waals surface area contributed by atoms with Gasteiger partial charge in [0, 0.05) is 12.2 Å². The molecular weight excluding hydrogens is 208 g/mol. The van der Waals surface area contributed by atoms with Gasteiger partial charge in [0.15, 0.2) is 0 Å². The van der Waals surface area contributed by atoms with Crippen molar-refractivity contribution in [3.8, 4) is 0 Å². The number of unbranched alkanes of at least 4 members (excludes halogenated alkanes) is 1. The second-order valence-corrected chi connectivity index (χ2v) is 3.51. The molecule has 0 heterocycles. The van der Waals surface area contributed by atoms with E-state index in [0.717, 1.165) is 31.4 Å². The maximum Gasteiger partial charge on any atom is 0.331 e. The Balaban J connectivity index is 3.80. The van der Waals surface area contributed by atoms with Gasteiger partial charge in [-0.1, -0.05) is 20.3 Å². The van der Waals surface area contributed by atoms with Crippen LogP contribution in [-0.4, -0.2) is 24.6 Å². The van der Waals surface area contributed by atoms with Crippen LogP contribution in [0, 0.1) is 0 Å². The average Bonchev–Trinajstić information content (AvgIpc) is 2.26. The van der Waals surface area contributed by atoms with Gasteiger partial charge >= 0.3 is 11.9 Å². The van der Waals surface area contributed by atoms with Crippen molar-refractivity contribution in [3.05, 3.63) is 12.2 Å². The van der Waals surface area contributed by atoms with Crippen LogP contribution >= 0.6 is 0 Å². The first kappa shape index (κ1) is 14.7. The van der Waals surface area contributed by atoms with Crippen LogP contribution < -0.4 is 0 Å². The lowest BCUT2D eigenvalue weighted by Crippen LogP contribution is -2.12. The van der Waals surface area contributed by atoms with E-state index in [1.54, 1.807) is 6.92 Å². The molecule has 0 aromatic rings. The van der Waals surface area contributed by atoms with Gasteiger partial charge in [-0.3, -0.25) is 0 Å². The van der Waals surface area contributed by atoms with E-state index in [4.69, 9.17) is 9.47 Å². The number of carbonyl (C=O) groups excluding carboxylic acids is 2. The fourth-order valence-electron chi connectivity index (χ4n) is 0.822. The molecule has 0 aliphatic carbocycles. The molecule has 0 bridgehead atoms. The van der Waals surface area contributed by atoms with Crippen molar-refractivity contribution >= 4 is 11.9 Å². The molecule has 0 amide bonds. The zero-order valence-corrected chi connectivity index (χ0v) is 10.2. The molecule has 0 rings (SSSR count). The van der Waals surface area contributed by atoms with Crippen LogP contribution in [0.1, 0.15) is 40.0 Å². The Labute approximate surface area is 96.6 Å². The Morgan fingerprint density at radius 3 is 2.38 bits per heavy atom. The van der Waals surface area contributed by atoms with E-state index in [1.807, 2.05) is 13.8 Å². The maximum absolute atomic E-state index is 11.1. The molecule has 4 heteroatoms. The first-order valence-corrected chi connectivity index (χ1v) is 5.65. The van der Waals surface area contributed by atoms with Crippen LogP contribution in [0.25, 0.3) is 0 Å². The molecule has 92 valence electrons. The standard InChI is InChI=1S/C12H20O4/c1-4-6-9-15-11(13)7-8-12(14)16-10(3)5-2/h7-8,10H,4-6,9H2,1-3H3/b8-7+. The topological polar surface area (TPSA) is 52.6 Å². The molecule has 16 heavy (non-hydrogen) atoms. The van der Waals surface area contributed by atoms with Crippen molar-refractivity contribution in [3.63, 3.8) is 0 Å². The average molecular weight is 228 g/mol. The largest absolute Gasteiger partial charge is 0.463 e. The van der Waals surface area contributed by atoms with E-state index in [9.17, 15) is 9.59 Å². The molecule has 0 radical (unpaired) electrons. The van der Waals surface area contributed by atoms with Crippen LogP contribution in [0.5, 0.6) is 0 Å². The smallest absolute Gasteiger partial charge is 0.331 e. The second-order valence-electron chi connectivity index (χ2n) is 3.51. The second kappa shape index (κ2) is 8.95. The van der Waals surface area contributed by atoms with Crippen LogP contribution in [0.4, 0.5) is 0 Å². The van der Waals surface area contributed by atoms with Gasteiger partial charge in [-0.2, -0.15) is 0 Å². The summed E-state index contributed by atoms with van der Waals surface area (Å²) >= 11 is 0. The predicted octanol–water partition coefficient (Wildman–Crippen LogP) is 2.23. The van der Waals surface area contributed by atoms with Gasteiger partial charge in [-0.05, 0) is 19.8 Å². The Hall–Kier alpha value is -1.32. The zero-order valence-electron chi connectivity index (χ0n) is 10.2. The fourth-order valence-corrected chi connectivity index (χ4v) is 0.822. The Bertz CT molecular complexity index is 245. The quantitative estimate of drug-likeness (QED) is 0.381. The minimum absolute atomic E-state index is 0.131. The Morgan fingerprint density at radius 1 is 1.19 bits per heavy atom. The molecule has 0 spiro atoms. The summed E-state index contributed by atoms with van der Waals surface area (Å²) in [4.78, 5) is 22.2. The summed E-state index contributed by atoms with van der Waals surface area (Å²) < 4.78 is 9.77. The summed E-state index contributed by atoms with van der Waals surface area (Å²) in [6.45, 7) is 6.11. The first-order chi connectivity index (χ1) is 7.60. The highest BCUT2D eigenvalue weighted by Gasteiger charge is 2.04. The molecule has 1 atom stereocenters. The third-order valence-electron chi connectivity index (χ3n) is 1.99. The summed E-state index contributed by atoms with van der Waals surface area (Å²) in [5.74, 6) is -1.02. The van der Waals surface area contributed by atoms with Gasteiger partial charge in [-0.25, -0.2) is 9.59 Å². The van der Waals surface area contributed by atoms with E-state index >= 15 is 0 Å². The van der Waals surface area contributed by atoms with Gasteiger partial charge in [0.25, 0.3) is 0 Å². The minimum atomic E-state index is -0.512. The van der Waals surface area contributed by atoms with Crippen LogP contribution in [0.3, 0.4) is 0 Å². The summed E-state index contributed by atoms with van der Waals surface area (Å²) in [7, 11) is 0. The summed E-state index contributed by atoms with van der Waals surface area (Å²) in [6.07, 6.45) is 4.61. The molecule has 0 aliphatic rings. The van der Waals surface area contributed by atoms with Crippen molar-refractivity contribution in [1.82, 2.24) is 0 Å². The Morgan fingerprint density at radius 2 is 1.81 bits per heavy atom. The number of esters is 2. The third-order valence-corrected chi connectivity index (χ3v) is 1.99. The molecule has 0 fully saturated rings. The van der Waals surface area contributed by atoms with E-state index in [0.29, 0.717) is 6.61 Å². The highest BCUT2D eigenvalue weighted by atomic mass is 16.5. The van der Waals surface area contributed by atoms with Crippen LogP contribution in [0.2, 0.25) is 0 Å². The van der Waals surface area contributed by atoms with Crippen molar-refractivity contribution in [2.24, 2.45) is 0 Å². The lowest BCUT2D eigenvalue weighted by molar-refractivity contribution is -0.143. The molecular formula is C12H20O4. The molecule has 0 saturated carbocycles. The minimum Gasteiger partial charge on any atom is -0.463 e. The van der Waals surface area contributed by atoms with E-state index in [2.05, 4.69) is 0 Å². The highest BCUT2D eigenvalue weighted by Crippen LogP contribution is 1.97. The molecule has 1 unspecified atom stereocenters. The van der Waals surface area contributed by atoms with Crippen LogP contribution in [-0.2, 0) is 19.1 Å². The predicted molar refractivity (Wildman–Crippen MR) is 60.9 cm³/mol. The SMILES string of the molecule is CCCCOC(=O)/C=C/C(=O)OC(C)CC. The number of hydrogen-bond donors (Lipinski definition) is 0. The zero-order chi connectivity index (χ0) is 12.4. The molecule has 0 N–H and O–H groups in total. The lowest BCUT2D eigenvalue weighted by Gasteiger charge is -2.07. The molecule has 0 aromatic heterocycles. The van der Waals surface area contributed by atoms with Gasteiger partial charge < -0.3 is 9.47 Å². The van der Waals surface area contributed by atoms with E-state index in [1.165, 1.54) is 0 Å². The maximum atomic E-state index is 11.1. The summed E-state index contributed by atoms with van der Waals surface area (Å²) in [6, 6.07) is 0. The van der Waals surface area contributed by atoms with Crippen molar-refractivity contribution in [1.29, 1.82) is 0 Å². The van der Waals surface area contributed by atoms with Gasteiger partial charge in [-0.15, -0.1) is 0 Å². The number of ether oxygens (including phenoxy) is 2. The number of carbonyl (C=O) groups is 2. The van der Waals surface area contributed by atoms with Crippen molar-refractivity contribution < 1.29 is 19.1 Å². The van der Waals surface area contributed by atoms with E-state index in [-0.39, 0.29) is 6.10 Å². The van der Waals surface area contributed by atoms with Gasteiger partial charge in [0.05, 0.1) is 12.7 Å². The van der Waals surface area contributed by atoms with Crippen molar-refractivity contribution in [2.75, 3.05) is 6.61 Å². The normalized spacial score (nSPS) is 12.4. The highest BCUT2D eigenvalue weighted by molar-refractivity contribution is 5.91. The number of rotatable bonds is 7. The van der Waals surface area contributed by atoms with Crippen molar-refractivity contribution in [2.45, 2.75) is 46.1 Å². The molecule has 0 aromatic carbocycles. The Kier molecular flexibility index (Phi) is 8.21. The van der Waals surface area contributed by atoms with Gasteiger partial charge in [0.1, 0.15) is 0 Å². The number of hydrogen-bond acceptors (Lipinski definition) is 4. The molecule has 4 nitrogen and oxygen atoms in total. The lowest BCUT2D eigenvalue weighted by atomic mass is 10.3. The molecule has 0 saturated heterocycles. The van der Waals surface area contributed by atoms with Gasteiger partial charge in [0.2, 0.25) is 0 Å². The van der Waals surface area contributed by atoms with Crippen LogP contribution in [0.15, 0.2) is 12.2 Å². The summed E-state index contributed by atoms with van der Waals surface area (Å²) in [5, 5.41) is 0. The third kappa shape index (κ3) is 8.03.